The van der Waals surface area contributed by atoms with Crippen molar-refractivity contribution in [2.24, 2.45) is 0 Å². The average Bonchev–Trinajstić information content (AvgIpc) is 2.57. The Morgan fingerprint density at radius 1 is 1.31 bits per heavy atom. The molecule has 0 aromatic carbocycles. The van der Waals surface area contributed by atoms with Gasteiger partial charge in [0.1, 0.15) is 6.17 Å². The van der Waals surface area contributed by atoms with Gasteiger partial charge in [-0.1, -0.05) is 0 Å². The van der Waals surface area contributed by atoms with Crippen LogP contribution in [0.1, 0.15) is 0 Å². The maximum Gasteiger partial charge on any atom is 0.319 e. The van der Waals surface area contributed by atoms with Crippen molar-refractivity contribution in [3.05, 3.63) is 0 Å². The molecule has 0 N–H and O–H groups in total. The summed E-state index contributed by atoms with van der Waals surface area (Å²) in [5.41, 5.74) is 0. The minimum absolute atomic E-state index is 0.102. The largest absolute Gasteiger partial charge is 0.331 e. The highest BCUT2D eigenvalue weighted by Gasteiger charge is 2.38. The Labute approximate surface area is 99.9 Å². The van der Waals surface area contributed by atoms with Crippen molar-refractivity contribution in [3.8, 4) is 0 Å². The van der Waals surface area contributed by atoms with Crippen molar-refractivity contribution in [2.75, 3.05) is 46.7 Å². The van der Waals surface area contributed by atoms with Gasteiger partial charge >= 0.3 is 6.03 Å². The molecular weight excluding hydrogens is 229 g/mol. The van der Waals surface area contributed by atoms with Crippen molar-refractivity contribution >= 4 is 17.1 Å². The SMILES string of the molecule is CN(C)C(=O)N1CC(F)C(N(C)[SH](C)C)C1. The van der Waals surface area contributed by atoms with Gasteiger partial charge < -0.3 is 9.80 Å². The molecule has 0 aliphatic carbocycles. The molecule has 0 aromatic heterocycles. The topological polar surface area (TPSA) is 26.8 Å². The lowest BCUT2D eigenvalue weighted by Crippen LogP contribution is -2.40. The molecule has 4 nitrogen and oxygen atoms in total. The second-order valence-corrected chi connectivity index (χ2v) is 6.91. The number of urea groups is 1. The van der Waals surface area contributed by atoms with Crippen LogP contribution in [0.15, 0.2) is 0 Å². The molecule has 1 heterocycles. The highest BCUT2D eigenvalue weighted by atomic mass is 32.2. The lowest BCUT2D eigenvalue weighted by atomic mass is 10.2. The quantitative estimate of drug-likeness (QED) is 0.735. The fourth-order valence-electron chi connectivity index (χ4n) is 1.83. The summed E-state index contributed by atoms with van der Waals surface area (Å²) < 4.78 is 15.9. The van der Waals surface area contributed by atoms with E-state index in [2.05, 4.69) is 16.8 Å². The predicted molar refractivity (Wildman–Crippen MR) is 67.9 cm³/mol. The van der Waals surface area contributed by atoms with Gasteiger partial charge in [0.05, 0.1) is 12.6 Å². The molecule has 1 aliphatic rings. The Bertz CT molecular complexity index is 262. The summed E-state index contributed by atoms with van der Waals surface area (Å²) in [5, 5.41) is 0. The molecule has 0 spiro atoms. The van der Waals surface area contributed by atoms with Crippen molar-refractivity contribution < 1.29 is 9.18 Å². The number of carbonyl (C=O) groups excluding carboxylic acids is 1. The molecule has 1 saturated heterocycles. The molecule has 2 amide bonds. The first-order chi connectivity index (χ1) is 7.34. The normalized spacial score (nSPS) is 26.2. The van der Waals surface area contributed by atoms with Crippen LogP contribution in [0.3, 0.4) is 0 Å². The molecular formula is C10H22FN3OS. The fraction of sp³-hybridized carbons (Fsp3) is 0.900. The van der Waals surface area contributed by atoms with Crippen LogP contribution < -0.4 is 0 Å². The number of thiol groups is 1. The summed E-state index contributed by atoms with van der Waals surface area (Å²) in [5.74, 6) is 0. The number of likely N-dealkylation sites (N-methyl/N-ethyl adjacent to an activating group) is 1. The third-order valence-electron chi connectivity index (χ3n) is 2.98. The van der Waals surface area contributed by atoms with E-state index in [1.807, 2.05) is 7.05 Å². The summed E-state index contributed by atoms with van der Waals surface area (Å²) in [6, 6.07) is -0.250. The van der Waals surface area contributed by atoms with Crippen LogP contribution in [-0.4, -0.2) is 79.1 Å². The van der Waals surface area contributed by atoms with E-state index in [4.69, 9.17) is 0 Å². The Hall–Kier alpha value is -0.490. The van der Waals surface area contributed by atoms with Crippen LogP contribution in [0.2, 0.25) is 0 Å². The zero-order valence-electron chi connectivity index (χ0n) is 10.6. The molecule has 2 atom stereocenters. The highest BCUT2D eigenvalue weighted by Crippen LogP contribution is 2.28. The molecule has 0 aromatic rings. The van der Waals surface area contributed by atoms with E-state index in [0.29, 0.717) is 6.54 Å². The van der Waals surface area contributed by atoms with Gasteiger partial charge in [-0.05, 0) is 19.6 Å². The summed E-state index contributed by atoms with van der Waals surface area (Å²) in [6.07, 6.45) is 3.26. The van der Waals surface area contributed by atoms with Crippen LogP contribution in [0.4, 0.5) is 9.18 Å². The lowest BCUT2D eigenvalue weighted by Gasteiger charge is -2.31. The molecule has 6 heteroatoms. The van der Waals surface area contributed by atoms with Gasteiger partial charge in [0.2, 0.25) is 0 Å². The van der Waals surface area contributed by atoms with Crippen LogP contribution in [0.5, 0.6) is 0 Å². The number of hydrogen-bond acceptors (Lipinski definition) is 2. The van der Waals surface area contributed by atoms with Crippen molar-refractivity contribution in [2.45, 2.75) is 12.2 Å². The Morgan fingerprint density at radius 3 is 2.31 bits per heavy atom. The number of amides is 2. The lowest BCUT2D eigenvalue weighted by molar-refractivity contribution is 0.177. The molecule has 1 fully saturated rings. The van der Waals surface area contributed by atoms with Gasteiger partial charge in [0.15, 0.2) is 0 Å². The van der Waals surface area contributed by atoms with E-state index in [0.717, 1.165) is 0 Å². The Morgan fingerprint density at radius 2 is 1.88 bits per heavy atom. The number of nitrogens with zero attached hydrogens (tertiary/aromatic N) is 3. The maximum atomic E-state index is 13.8. The fourth-order valence-corrected chi connectivity index (χ4v) is 2.65. The summed E-state index contributed by atoms with van der Waals surface area (Å²) >= 11 is -0.311. The van der Waals surface area contributed by atoms with E-state index >= 15 is 0 Å². The standard InChI is InChI=1S/C10H22FN3OS/c1-12(2)10(15)14-6-8(11)9(7-14)13(3)16(4)5/h8-9,16H,6-7H2,1-5H3. The summed E-state index contributed by atoms with van der Waals surface area (Å²) in [4.78, 5) is 14.8. The first-order valence-corrected chi connectivity index (χ1v) is 7.53. The third kappa shape index (κ3) is 2.79. The zero-order valence-corrected chi connectivity index (χ0v) is 11.5. The van der Waals surface area contributed by atoms with Gasteiger partial charge in [-0.25, -0.2) is 20.3 Å². The number of rotatable bonds is 2. The Kier molecular flexibility index (Phi) is 4.43. The van der Waals surface area contributed by atoms with E-state index in [1.165, 1.54) is 4.90 Å². The van der Waals surface area contributed by atoms with Gasteiger partial charge in [-0.3, -0.25) is 4.31 Å². The van der Waals surface area contributed by atoms with Crippen LogP contribution >= 0.6 is 11.1 Å². The second-order valence-electron chi connectivity index (χ2n) is 4.59. The molecule has 0 bridgehead atoms. The molecule has 96 valence electrons. The third-order valence-corrected chi connectivity index (χ3v) is 4.54. The Balaban J connectivity index is 2.63. The van der Waals surface area contributed by atoms with E-state index in [-0.39, 0.29) is 29.7 Å². The van der Waals surface area contributed by atoms with Gasteiger partial charge in [0.25, 0.3) is 0 Å². The monoisotopic (exact) mass is 251 g/mol. The summed E-state index contributed by atoms with van der Waals surface area (Å²) in [7, 11) is 5.32. The minimum atomic E-state index is -0.932. The average molecular weight is 251 g/mol. The van der Waals surface area contributed by atoms with E-state index in [1.54, 1.807) is 19.0 Å². The van der Waals surface area contributed by atoms with Crippen LogP contribution in [-0.2, 0) is 0 Å². The van der Waals surface area contributed by atoms with Crippen molar-refractivity contribution in [1.29, 1.82) is 0 Å². The molecule has 1 rings (SSSR count). The first-order valence-electron chi connectivity index (χ1n) is 5.35. The van der Waals surface area contributed by atoms with Crippen LogP contribution in [0.25, 0.3) is 0 Å². The van der Waals surface area contributed by atoms with Crippen LogP contribution in [0, 0.1) is 0 Å². The van der Waals surface area contributed by atoms with Crippen molar-refractivity contribution in [1.82, 2.24) is 14.1 Å². The van der Waals surface area contributed by atoms with Crippen molar-refractivity contribution in [3.63, 3.8) is 0 Å². The predicted octanol–water partition coefficient (Wildman–Crippen LogP) is 0.798. The van der Waals surface area contributed by atoms with E-state index in [9.17, 15) is 9.18 Å². The smallest absolute Gasteiger partial charge is 0.319 e. The number of carbonyl (C=O) groups is 1. The molecule has 0 saturated carbocycles. The number of likely N-dealkylation sites (tertiary alicyclic amines) is 1. The molecule has 2 unspecified atom stereocenters. The molecule has 16 heavy (non-hydrogen) atoms. The molecule has 1 aliphatic heterocycles. The second kappa shape index (κ2) is 5.23. The zero-order chi connectivity index (χ0) is 12.5. The number of halogens is 1. The maximum absolute atomic E-state index is 13.8. The summed E-state index contributed by atoms with van der Waals surface area (Å²) in [6.45, 7) is 0.713. The van der Waals surface area contributed by atoms with E-state index < -0.39 is 6.17 Å². The highest BCUT2D eigenvalue weighted by molar-refractivity contribution is 8.13. The minimum Gasteiger partial charge on any atom is -0.331 e. The van der Waals surface area contributed by atoms with Gasteiger partial charge in [-0.2, -0.15) is 0 Å². The number of hydrogen-bond donors (Lipinski definition) is 1. The van der Waals surface area contributed by atoms with Gasteiger partial charge in [0, 0.05) is 20.6 Å². The van der Waals surface area contributed by atoms with Gasteiger partial charge in [-0.15, -0.1) is 0 Å². The number of alkyl halides is 1. The first kappa shape index (κ1) is 13.6. The molecule has 0 radical (unpaired) electrons.